The monoisotopic (exact) mass is 340 g/mol. The van der Waals surface area contributed by atoms with Crippen molar-refractivity contribution in [2.75, 3.05) is 0 Å². The number of hydrogen-bond donors (Lipinski definition) is 3. The van der Waals surface area contributed by atoms with E-state index in [4.69, 9.17) is 0 Å². The highest BCUT2D eigenvalue weighted by Crippen LogP contribution is 2.30. The highest BCUT2D eigenvalue weighted by molar-refractivity contribution is 8.18. The lowest BCUT2D eigenvalue weighted by Gasteiger charge is -2.02. The Morgan fingerprint density at radius 3 is 2.62 bits per heavy atom. The number of nitrogens with one attached hydrogen (secondary N) is 1. The Kier molecular flexibility index (Phi) is 4.35. The van der Waals surface area contributed by atoms with Crippen LogP contribution in [0.5, 0.6) is 5.75 Å². The number of hydrogen-bond acceptors (Lipinski definition) is 5. The molecule has 2 aromatic carbocycles. The number of phenolic OH excluding ortho intramolecular Hbond substituents is 1. The van der Waals surface area contributed by atoms with E-state index >= 15 is 0 Å². The van der Waals surface area contributed by atoms with Gasteiger partial charge in [-0.05, 0) is 41.6 Å². The Labute approximate surface area is 141 Å². The van der Waals surface area contributed by atoms with Gasteiger partial charge in [-0.2, -0.15) is 0 Å². The van der Waals surface area contributed by atoms with E-state index in [-0.39, 0.29) is 28.1 Å². The number of carboxylic acids is 1. The predicted octanol–water partition coefficient (Wildman–Crippen LogP) is 2.98. The molecular weight excluding hydrogens is 328 g/mol. The van der Waals surface area contributed by atoms with Crippen LogP contribution in [0.15, 0.2) is 58.4 Å². The van der Waals surface area contributed by atoms with Crippen molar-refractivity contribution in [3.05, 3.63) is 64.6 Å². The van der Waals surface area contributed by atoms with Crippen molar-refractivity contribution in [1.82, 2.24) is 5.32 Å². The molecule has 1 fully saturated rings. The Hall–Kier alpha value is -3.06. The lowest BCUT2D eigenvalue weighted by Crippen LogP contribution is -2.19. The van der Waals surface area contributed by atoms with Crippen LogP contribution < -0.4 is 5.32 Å². The van der Waals surface area contributed by atoms with E-state index in [1.807, 2.05) is 30.3 Å². The molecule has 0 aromatic heterocycles. The van der Waals surface area contributed by atoms with E-state index in [0.29, 0.717) is 4.91 Å². The van der Waals surface area contributed by atoms with Gasteiger partial charge in [-0.25, -0.2) is 9.79 Å². The number of nitrogens with zero attached hydrogens (tertiary/aromatic N) is 1. The number of amides is 1. The summed E-state index contributed by atoms with van der Waals surface area (Å²) in [7, 11) is 0. The predicted molar refractivity (Wildman–Crippen MR) is 92.3 cm³/mol. The smallest absolute Gasteiger partial charge is 0.338 e. The fraction of sp³-hybridized carbons (Fsp3) is 0. The number of amidine groups is 1. The van der Waals surface area contributed by atoms with Gasteiger partial charge in [-0.15, -0.1) is 0 Å². The minimum Gasteiger partial charge on any atom is -0.508 e. The first-order chi connectivity index (χ1) is 11.5. The molecule has 1 heterocycles. The molecule has 0 radical (unpaired) electrons. The first kappa shape index (κ1) is 15.8. The SMILES string of the molecule is O=C1NC(=Nc2ccc(O)cc2C(=O)O)S/C1=C\c1ccccc1. The van der Waals surface area contributed by atoms with Gasteiger partial charge in [0.05, 0.1) is 16.2 Å². The number of rotatable bonds is 3. The molecular formula is C17H12N2O4S. The number of carbonyl (C=O) groups excluding carboxylic acids is 1. The number of carboxylic acid groups (broad SMARTS) is 1. The normalized spacial score (nSPS) is 17.2. The van der Waals surface area contributed by atoms with Crippen LogP contribution in [0.25, 0.3) is 6.08 Å². The molecule has 0 bridgehead atoms. The summed E-state index contributed by atoms with van der Waals surface area (Å²) < 4.78 is 0. The molecule has 120 valence electrons. The van der Waals surface area contributed by atoms with Crippen LogP contribution in [0.3, 0.4) is 0 Å². The fourth-order valence-corrected chi connectivity index (χ4v) is 2.92. The van der Waals surface area contributed by atoms with E-state index in [2.05, 4.69) is 10.3 Å². The molecule has 0 atom stereocenters. The zero-order chi connectivity index (χ0) is 17.1. The Balaban J connectivity index is 1.90. The second-order valence-corrected chi connectivity index (χ2v) is 5.93. The molecule has 1 saturated heterocycles. The number of benzene rings is 2. The molecule has 1 amide bonds. The van der Waals surface area contributed by atoms with Gasteiger partial charge in [0.25, 0.3) is 5.91 Å². The van der Waals surface area contributed by atoms with E-state index in [9.17, 15) is 19.8 Å². The van der Waals surface area contributed by atoms with Gasteiger partial charge in [-0.3, -0.25) is 4.79 Å². The second kappa shape index (κ2) is 6.59. The first-order valence-corrected chi connectivity index (χ1v) is 7.75. The van der Waals surface area contributed by atoms with Crippen molar-refractivity contribution in [3.8, 4) is 5.75 Å². The zero-order valence-electron chi connectivity index (χ0n) is 12.3. The lowest BCUT2D eigenvalue weighted by molar-refractivity contribution is -0.115. The number of aromatic carboxylic acids is 1. The summed E-state index contributed by atoms with van der Waals surface area (Å²) in [6, 6.07) is 13.2. The van der Waals surface area contributed by atoms with Crippen LogP contribution in [-0.2, 0) is 4.79 Å². The molecule has 0 aliphatic carbocycles. The van der Waals surface area contributed by atoms with Gasteiger partial charge in [0.15, 0.2) is 5.17 Å². The van der Waals surface area contributed by atoms with E-state index < -0.39 is 5.97 Å². The quantitative estimate of drug-likeness (QED) is 0.746. The van der Waals surface area contributed by atoms with E-state index in [1.54, 1.807) is 6.08 Å². The van der Waals surface area contributed by atoms with Crippen LogP contribution in [0.2, 0.25) is 0 Å². The van der Waals surface area contributed by atoms with Crippen molar-refractivity contribution >= 4 is 40.6 Å². The maximum atomic E-state index is 12.0. The number of aliphatic imine (C=N–C) groups is 1. The Morgan fingerprint density at radius 1 is 1.17 bits per heavy atom. The molecule has 0 saturated carbocycles. The standard InChI is InChI=1S/C17H12N2O4S/c20-11-6-7-13(12(9-11)16(22)23)18-17-19-15(21)14(24-17)8-10-4-2-1-3-5-10/h1-9,20H,(H,22,23)(H,18,19,21)/b14-8-. The molecule has 0 spiro atoms. The minimum absolute atomic E-state index is 0.141. The van der Waals surface area contributed by atoms with E-state index in [0.717, 1.165) is 23.4 Å². The minimum atomic E-state index is -1.21. The summed E-state index contributed by atoms with van der Waals surface area (Å²) in [5.74, 6) is -1.66. The Morgan fingerprint density at radius 2 is 1.92 bits per heavy atom. The number of phenols is 1. The van der Waals surface area contributed by atoms with Crippen LogP contribution in [0.1, 0.15) is 15.9 Å². The number of aromatic hydroxyl groups is 1. The van der Waals surface area contributed by atoms with Crippen LogP contribution >= 0.6 is 11.8 Å². The molecule has 24 heavy (non-hydrogen) atoms. The van der Waals surface area contributed by atoms with Crippen molar-refractivity contribution in [3.63, 3.8) is 0 Å². The molecule has 3 rings (SSSR count). The Bertz CT molecular complexity index is 875. The van der Waals surface area contributed by atoms with Crippen LogP contribution in [0.4, 0.5) is 5.69 Å². The average molecular weight is 340 g/mol. The third kappa shape index (κ3) is 3.47. The second-order valence-electron chi connectivity index (χ2n) is 4.90. The highest BCUT2D eigenvalue weighted by atomic mass is 32.2. The van der Waals surface area contributed by atoms with Gasteiger partial charge < -0.3 is 15.5 Å². The topological polar surface area (TPSA) is 99.0 Å². The summed E-state index contributed by atoms with van der Waals surface area (Å²) in [5.41, 5.74) is 0.897. The van der Waals surface area contributed by atoms with Gasteiger partial charge >= 0.3 is 5.97 Å². The maximum Gasteiger partial charge on any atom is 0.338 e. The maximum absolute atomic E-state index is 12.0. The molecule has 1 aliphatic heterocycles. The molecule has 6 nitrogen and oxygen atoms in total. The highest BCUT2D eigenvalue weighted by Gasteiger charge is 2.24. The largest absolute Gasteiger partial charge is 0.508 e. The van der Waals surface area contributed by atoms with E-state index in [1.165, 1.54) is 12.1 Å². The first-order valence-electron chi connectivity index (χ1n) is 6.94. The summed E-state index contributed by atoms with van der Waals surface area (Å²) >= 11 is 1.13. The summed E-state index contributed by atoms with van der Waals surface area (Å²) in [5, 5.41) is 21.5. The van der Waals surface area contributed by atoms with Gasteiger partial charge in [-0.1, -0.05) is 30.3 Å². The summed E-state index contributed by atoms with van der Waals surface area (Å²) in [4.78, 5) is 27.9. The van der Waals surface area contributed by atoms with Crippen molar-refractivity contribution in [1.29, 1.82) is 0 Å². The fourth-order valence-electron chi connectivity index (χ4n) is 2.08. The van der Waals surface area contributed by atoms with Crippen LogP contribution in [0, 0.1) is 0 Å². The third-order valence-corrected chi connectivity index (χ3v) is 4.09. The molecule has 1 aliphatic rings. The van der Waals surface area contributed by atoms with Crippen LogP contribution in [-0.4, -0.2) is 27.3 Å². The van der Waals surface area contributed by atoms with Crippen molar-refractivity contribution < 1.29 is 19.8 Å². The summed E-state index contributed by atoms with van der Waals surface area (Å²) in [6.45, 7) is 0. The molecule has 7 heteroatoms. The average Bonchev–Trinajstić information content (AvgIpc) is 2.89. The zero-order valence-corrected chi connectivity index (χ0v) is 13.1. The lowest BCUT2D eigenvalue weighted by atomic mass is 10.2. The molecule has 0 unspecified atom stereocenters. The van der Waals surface area contributed by atoms with Gasteiger partial charge in [0, 0.05) is 0 Å². The number of thioether (sulfide) groups is 1. The summed E-state index contributed by atoms with van der Waals surface area (Å²) in [6.07, 6.45) is 1.73. The number of carbonyl (C=O) groups is 2. The van der Waals surface area contributed by atoms with Crippen molar-refractivity contribution in [2.45, 2.75) is 0 Å². The van der Waals surface area contributed by atoms with Gasteiger partial charge in [0.2, 0.25) is 0 Å². The molecule has 3 N–H and O–H groups in total. The van der Waals surface area contributed by atoms with Gasteiger partial charge in [0.1, 0.15) is 5.75 Å². The molecule has 2 aromatic rings. The van der Waals surface area contributed by atoms with Crippen molar-refractivity contribution in [2.24, 2.45) is 4.99 Å². The third-order valence-electron chi connectivity index (χ3n) is 3.18.